The second-order valence-corrected chi connectivity index (χ2v) is 5.28. The molecule has 1 aliphatic heterocycles. The van der Waals surface area contributed by atoms with E-state index in [1.807, 2.05) is 0 Å². The Morgan fingerprint density at radius 3 is 2.46 bits per heavy atom. The van der Waals surface area contributed by atoms with Gasteiger partial charge in [0, 0.05) is 5.54 Å². The van der Waals surface area contributed by atoms with Crippen molar-refractivity contribution < 1.29 is 0 Å². The lowest BCUT2D eigenvalue weighted by molar-refractivity contribution is 0.0774. The van der Waals surface area contributed by atoms with Gasteiger partial charge in [-0.05, 0) is 37.6 Å². The van der Waals surface area contributed by atoms with Gasteiger partial charge in [0.1, 0.15) is 0 Å². The van der Waals surface area contributed by atoms with Gasteiger partial charge in [0.2, 0.25) is 0 Å². The fraction of sp³-hybridized carbons (Fsp3) is 1.00. The first-order valence-electron chi connectivity index (χ1n) is 6.00. The minimum Gasteiger partial charge on any atom is -0.311 e. The predicted molar refractivity (Wildman–Crippen MR) is 56.8 cm³/mol. The van der Waals surface area contributed by atoms with Crippen LogP contribution in [0.1, 0.15) is 52.4 Å². The third-order valence-corrected chi connectivity index (χ3v) is 4.20. The summed E-state index contributed by atoms with van der Waals surface area (Å²) >= 11 is 0. The Labute approximate surface area is 82.3 Å². The van der Waals surface area contributed by atoms with E-state index in [0.29, 0.717) is 5.54 Å². The maximum absolute atomic E-state index is 3.73. The molecule has 2 fully saturated rings. The van der Waals surface area contributed by atoms with Gasteiger partial charge < -0.3 is 5.32 Å². The van der Waals surface area contributed by atoms with Crippen LogP contribution in [0.2, 0.25) is 0 Å². The highest BCUT2D eigenvalue weighted by atomic mass is 15.1. The highest BCUT2D eigenvalue weighted by molar-refractivity contribution is 5.03. The van der Waals surface area contributed by atoms with Crippen LogP contribution >= 0.6 is 0 Å². The van der Waals surface area contributed by atoms with Crippen LogP contribution < -0.4 is 5.32 Å². The molecule has 1 saturated heterocycles. The summed E-state index contributed by atoms with van der Waals surface area (Å²) in [4.78, 5) is 0. The van der Waals surface area contributed by atoms with Crippen molar-refractivity contribution in [2.24, 2.45) is 11.8 Å². The van der Waals surface area contributed by atoms with E-state index in [-0.39, 0.29) is 0 Å². The molecule has 1 spiro atoms. The molecule has 0 aromatic heterocycles. The molecular formula is C12H23N. The smallest absolute Gasteiger partial charge is 0.0224 e. The standard InChI is InChI=1S/C12H23N/c1-10(2)11-6-4-3-5-7-12(11)8-9-13-12/h10-11,13H,3-9H2,1-2H3. The van der Waals surface area contributed by atoms with Crippen LogP contribution in [-0.2, 0) is 0 Å². The SMILES string of the molecule is CC(C)C1CCCCCC12CCN2. The molecule has 0 bridgehead atoms. The van der Waals surface area contributed by atoms with Gasteiger partial charge >= 0.3 is 0 Å². The van der Waals surface area contributed by atoms with Gasteiger partial charge in [0.05, 0.1) is 0 Å². The fourth-order valence-corrected chi connectivity index (χ4v) is 3.39. The Morgan fingerprint density at radius 1 is 1.15 bits per heavy atom. The van der Waals surface area contributed by atoms with E-state index in [2.05, 4.69) is 19.2 Å². The Morgan fingerprint density at radius 2 is 1.92 bits per heavy atom. The lowest BCUT2D eigenvalue weighted by atomic mass is 9.68. The molecule has 2 unspecified atom stereocenters. The lowest BCUT2D eigenvalue weighted by Crippen LogP contribution is -2.62. The van der Waals surface area contributed by atoms with E-state index in [1.165, 1.54) is 45.1 Å². The van der Waals surface area contributed by atoms with Gasteiger partial charge in [-0.3, -0.25) is 0 Å². The normalized spacial score (nSPS) is 40.4. The van der Waals surface area contributed by atoms with Crippen molar-refractivity contribution in [1.29, 1.82) is 0 Å². The fourth-order valence-electron chi connectivity index (χ4n) is 3.39. The Hall–Kier alpha value is -0.0400. The summed E-state index contributed by atoms with van der Waals surface area (Å²) in [6.45, 7) is 6.07. The van der Waals surface area contributed by atoms with E-state index < -0.39 is 0 Å². The maximum Gasteiger partial charge on any atom is 0.0224 e. The van der Waals surface area contributed by atoms with Crippen LogP contribution in [0.5, 0.6) is 0 Å². The van der Waals surface area contributed by atoms with E-state index >= 15 is 0 Å². The zero-order valence-corrected chi connectivity index (χ0v) is 9.10. The molecular weight excluding hydrogens is 158 g/mol. The highest BCUT2D eigenvalue weighted by Gasteiger charge is 2.44. The van der Waals surface area contributed by atoms with Crippen LogP contribution in [-0.4, -0.2) is 12.1 Å². The second kappa shape index (κ2) is 3.61. The summed E-state index contributed by atoms with van der Waals surface area (Å²) < 4.78 is 0. The first-order valence-corrected chi connectivity index (χ1v) is 6.00. The van der Waals surface area contributed by atoms with E-state index in [9.17, 15) is 0 Å². The molecule has 1 heteroatoms. The third-order valence-electron chi connectivity index (χ3n) is 4.20. The van der Waals surface area contributed by atoms with Crippen LogP contribution in [0.3, 0.4) is 0 Å². The molecule has 1 N–H and O–H groups in total. The molecule has 76 valence electrons. The molecule has 0 aromatic rings. The van der Waals surface area contributed by atoms with Crippen molar-refractivity contribution in [3.63, 3.8) is 0 Å². The predicted octanol–water partition coefficient (Wildman–Crippen LogP) is 2.95. The molecule has 2 rings (SSSR count). The molecule has 2 atom stereocenters. The second-order valence-electron chi connectivity index (χ2n) is 5.28. The van der Waals surface area contributed by atoms with Crippen molar-refractivity contribution in [2.45, 2.75) is 57.9 Å². The third kappa shape index (κ3) is 1.63. The molecule has 1 heterocycles. The van der Waals surface area contributed by atoms with Crippen LogP contribution in [0.25, 0.3) is 0 Å². The van der Waals surface area contributed by atoms with Crippen LogP contribution in [0.4, 0.5) is 0 Å². The first-order chi connectivity index (χ1) is 6.25. The molecule has 1 aliphatic carbocycles. The Kier molecular flexibility index (Phi) is 2.64. The molecule has 2 aliphatic rings. The topological polar surface area (TPSA) is 12.0 Å². The van der Waals surface area contributed by atoms with Crippen molar-refractivity contribution in [2.75, 3.05) is 6.54 Å². The number of rotatable bonds is 1. The Bertz CT molecular complexity index is 170. The van der Waals surface area contributed by atoms with Gasteiger partial charge in [-0.25, -0.2) is 0 Å². The minimum absolute atomic E-state index is 0.574. The Balaban J connectivity index is 2.09. The summed E-state index contributed by atoms with van der Waals surface area (Å²) in [6.07, 6.45) is 8.73. The zero-order valence-electron chi connectivity index (χ0n) is 9.10. The van der Waals surface area contributed by atoms with Crippen molar-refractivity contribution in [3.05, 3.63) is 0 Å². The van der Waals surface area contributed by atoms with Crippen molar-refractivity contribution in [1.82, 2.24) is 5.32 Å². The van der Waals surface area contributed by atoms with Crippen molar-refractivity contribution >= 4 is 0 Å². The average molecular weight is 181 g/mol. The van der Waals surface area contributed by atoms with Gasteiger partial charge in [0.15, 0.2) is 0 Å². The quantitative estimate of drug-likeness (QED) is 0.656. The molecule has 0 amide bonds. The molecule has 13 heavy (non-hydrogen) atoms. The van der Waals surface area contributed by atoms with Gasteiger partial charge in [-0.15, -0.1) is 0 Å². The molecule has 0 radical (unpaired) electrons. The van der Waals surface area contributed by atoms with Crippen LogP contribution in [0, 0.1) is 11.8 Å². The maximum atomic E-state index is 3.73. The summed E-state index contributed by atoms with van der Waals surface area (Å²) in [6, 6.07) is 0. The monoisotopic (exact) mass is 181 g/mol. The van der Waals surface area contributed by atoms with E-state index in [1.54, 1.807) is 0 Å². The number of nitrogens with one attached hydrogen (secondary N) is 1. The molecule has 1 saturated carbocycles. The number of hydrogen-bond acceptors (Lipinski definition) is 1. The summed E-state index contributed by atoms with van der Waals surface area (Å²) in [5.74, 6) is 1.81. The zero-order chi connectivity index (χ0) is 9.31. The summed E-state index contributed by atoms with van der Waals surface area (Å²) in [7, 11) is 0. The largest absolute Gasteiger partial charge is 0.311 e. The first kappa shape index (κ1) is 9.51. The summed E-state index contributed by atoms with van der Waals surface area (Å²) in [5.41, 5.74) is 0.574. The molecule has 1 nitrogen and oxygen atoms in total. The molecule has 0 aromatic carbocycles. The van der Waals surface area contributed by atoms with Gasteiger partial charge in [0.25, 0.3) is 0 Å². The van der Waals surface area contributed by atoms with Gasteiger partial charge in [-0.1, -0.05) is 33.1 Å². The lowest BCUT2D eigenvalue weighted by Gasteiger charge is -2.50. The number of hydrogen-bond donors (Lipinski definition) is 1. The van der Waals surface area contributed by atoms with E-state index in [0.717, 1.165) is 11.8 Å². The summed E-state index contributed by atoms with van der Waals surface area (Å²) in [5, 5.41) is 3.73. The average Bonchev–Trinajstić information content (AvgIpc) is 2.23. The van der Waals surface area contributed by atoms with Crippen molar-refractivity contribution in [3.8, 4) is 0 Å². The van der Waals surface area contributed by atoms with Gasteiger partial charge in [-0.2, -0.15) is 0 Å². The highest BCUT2D eigenvalue weighted by Crippen LogP contribution is 2.42. The minimum atomic E-state index is 0.574. The van der Waals surface area contributed by atoms with Crippen LogP contribution in [0.15, 0.2) is 0 Å². The van der Waals surface area contributed by atoms with E-state index in [4.69, 9.17) is 0 Å².